The van der Waals surface area contributed by atoms with E-state index in [0.29, 0.717) is 23.9 Å². The zero-order chi connectivity index (χ0) is 22.0. The quantitative estimate of drug-likeness (QED) is 0.535. The van der Waals surface area contributed by atoms with E-state index in [2.05, 4.69) is 115 Å². The molecular weight excluding hydrogens is 402 g/mol. The van der Waals surface area contributed by atoms with Gasteiger partial charge < -0.3 is 9.64 Å². The van der Waals surface area contributed by atoms with E-state index in [1.54, 1.807) is 0 Å². The van der Waals surface area contributed by atoms with Crippen molar-refractivity contribution in [2.24, 2.45) is 11.8 Å². The molecule has 164 valence electrons. The smallest absolute Gasteiger partial charge is 0.137 e. The molecule has 0 radical (unpaired) electrons. The molecular formula is C31H29NO. The van der Waals surface area contributed by atoms with Crippen LogP contribution in [0.4, 0.5) is 5.69 Å². The highest BCUT2D eigenvalue weighted by molar-refractivity contribution is 5.59. The van der Waals surface area contributed by atoms with Crippen LogP contribution in [-0.2, 0) is 5.41 Å². The SMILES string of the molecule is CC12C=CC=C(C3=CC4C5C=CC=CC5N(c5ccccc5)C4CC3)C1Oc1ccccc12. The van der Waals surface area contributed by atoms with Crippen molar-refractivity contribution in [3.63, 3.8) is 0 Å². The second-order valence-electron chi connectivity index (χ2n) is 10.2. The van der Waals surface area contributed by atoms with E-state index in [1.165, 1.54) is 28.8 Å². The summed E-state index contributed by atoms with van der Waals surface area (Å²) >= 11 is 0. The van der Waals surface area contributed by atoms with Gasteiger partial charge in [-0.15, -0.1) is 0 Å². The highest BCUT2D eigenvalue weighted by atomic mass is 16.5. The van der Waals surface area contributed by atoms with Gasteiger partial charge in [0.1, 0.15) is 11.9 Å². The van der Waals surface area contributed by atoms with Crippen LogP contribution in [0.2, 0.25) is 0 Å². The summed E-state index contributed by atoms with van der Waals surface area (Å²) in [5.41, 5.74) is 5.42. The van der Waals surface area contributed by atoms with Crippen LogP contribution in [0.5, 0.6) is 5.75 Å². The van der Waals surface area contributed by atoms with Crippen LogP contribution in [0, 0.1) is 11.8 Å². The molecule has 2 nitrogen and oxygen atoms in total. The van der Waals surface area contributed by atoms with Gasteiger partial charge in [-0.1, -0.05) is 85.0 Å². The first-order chi connectivity index (χ1) is 16.2. The summed E-state index contributed by atoms with van der Waals surface area (Å²) in [5.74, 6) is 2.07. The van der Waals surface area contributed by atoms with Crippen LogP contribution in [0.15, 0.2) is 114 Å². The van der Waals surface area contributed by atoms with Gasteiger partial charge in [0.25, 0.3) is 0 Å². The molecule has 1 fully saturated rings. The van der Waals surface area contributed by atoms with E-state index >= 15 is 0 Å². The van der Waals surface area contributed by atoms with Gasteiger partial charge in [-0.3, -0.25) is 0 Å². The molecule has 6 unspecified atom stereocenters. The van der Waals surface area contributed by atoms with Gasteiger partial charge in [-0.05, 0) is 49.1 Å². The Kier molecular flexibility index (Phi) is 4.15. The fourth-order valence-electron chi connectivity index (χ4n) is 6.97. The number of allylic oxidation sites excluding steroid dienone is 4. The van der Waals surface area contributed by atoms with Crippen molar-refractivity contribution in [3.05, 3.63) is 120 Å². The number of nitrogens with zero attached hydrogens (tertiary/aromatic N) is 1. The third kappa shape index (κ3) is 2.73. The van der Waals surface area contributed by atoms with Crippen molar-refractivity contribution < 1.29 is 4.74 Å². The van der Waals surface area contributed by atoms with E-state index in [0.717, 1.165) is 12.2 Å². The van der Waals surface area contributed by atoms with Crippen LogP contribution >= 0.6 is 0 Å². The summed E-state index contributed by atoms with van der Waals surface area (Å²) < 4.78 is 6.59. The Morgan fingerprint density at radius 2 is 1.73 bits per heavy atom. The summed E-state index contributed by atoms with van der Waals surface area (Å²) in [6.07, 6.45) is 21.1. The minimum atomic E-state index is -0.0971. The van der Waals surface area contributed by atoms with Crippen molar-refractivity contribution in [3.8, 4) is 5.75 Å². The van der Waals surface area contributed by atoms with Crippen LogP contribution < -0.4 is 9.64 Å². The highest BCUT2D eigenvalue weighted by Gasteiger charge is 2.50. The maximum atomic E-state index is 6.59. The lowest BCUT2D eigenvalue weighted by atomic mass is 9.69. The Labute approximate surface area is 196 Å². The number of ether oxygens (including phenoxy) is 1. The maximum absolute atomic E-state index is 6.59. The molecule has 2 heteroatoms. The normalized spacial score (nSPS) is 35.2. The van der Waals surface area contributed by atoms with Crippen molar-refractivity contribution in [2.75, 3.05) is 4.90 Å². The second-order valence-corrected chi connectivity index (χ2v) is 10.2. The summed E-state index contributed by atoms with van der Waals surface area (Å²) in [6.45, 7) is 2.33. The molecule has 2 aliphatic heterocycles. The fraction of sp³-hybridized carbons (Fsp3) is 0.290. The second kappa shape index (κ2) is 7.12. The molecule has 1 saturated heterocycles. The van der Waals surface area contributed by atoms with Gasteiger partial charge in [0.05, 0.1) is 11.5 Å². The van der Waals surface area contributed by atoms with Crippen LogP contribution in [-0.4, -0.2) is 18.2 Å². The number of hydrogen-bond acceptors (Lipinski definition) is 2. The highest BCUT2D eigenvalue weighted by Crippen LogP contribution is 2.52. The first-order valence-corrected chi connectivity index (χ1v) is 12.3. The lowest BCUT2D eigenvalue weighted by Crippen LogP contribution is -2.40. The molecule has 5 aliphatic rings. The Hall–Kier alpha value is -3.26. The zero-order valence-corrected chi connectivity index (χ0v) is 19.0. The van der Waals surface area contributed by atoms with E-state index < -0.39 is 0 Å². The van der Waals surface area contributed by atoms with Crippen molar-refractivity contribution in [2.45, 2.75) is 43.4 Å². The van der Waals surface area contributed by atoms with Gasteiger partial charge in [0, 0.05) is 29.1 Å². The largest absolute Gasteiger partial charge is 0.484 e. The lowest BCUT2D eigenvalue weighted by Gasteiger charge is -2.37. The maximum Gasteiger partial charge on any atom is 0.137 e. The molecule has 3 aliphatic carbocycles. The molecule has 0 bridgehead atoms. The Balaban J connectivity index is 1.27. The number of fused-ring (bicyclic) bond motifs is 6. The number of anilines is 1. The number of rotatable bonds is 2. The summed E-state index contributed by atoms with van der Waals surface area (Å²) in [4.78, 5) is 2.68. The van der Waals surface area contributed by atoms with Gasteiger partial charge in [-0.2, -0.15) is 0 Å². The zero-order valence-electron chi connectivity index (χ0n) is 19.0. The predicted octanol–water partition coefficient (Wildman–Crippen LogP) is 6.54. The summed E-state index contributed by atoms with van der Waals surface area (Å²) in [7, 11) is 0. The number of benzene rings is 2. The monoisotopic (exact) mass is 431 g/mol. The van der Waals surface area contributed by atoms with Crippen molar-refractivity contribution in [1.29, 1.82) is 0 Å². The molecule has 0 saturated carbocycles. The van der Waals surface area contributed by atoms with Crippen LogP contribution in [0.3, 0.4) is 0 Å². The minimum Gasteiger partial charge on any atom is -0.484 e. The molecule has 33 heavy (non-hydrogen) atoms. The summed E-state index contributed by atoms with van der Waals surface area (Å²) in [5, 5.41) is 0. The number of para-hydroxylation sites is 2. The molecule has 6 atom stereocenters. The first-order valence-electron chi connectivity index (χ1n) is 12.3. The Bertz CT molecular complexity index is 1250. The molecule has 0 amide bonds. The van der Waals surface area contributed by atoms with Gasteiger partial charge in [0.15, 0.2) is 0 Å². The summed E-state index contributed by atoms with van der Waals surface area (Å²) in [6, 6.07) is 20.5. The fourth-order valence-corrected chi connectivity index (χ4v) is 6.97. The molecule has 2 aromatic carbocycles. The van der Waals surface area contributed by atoms with E-state index in [4.69, 9.17) is 4.74 Å². The van der Waals surface area contributed by atoms with Gasteiger partial charge >= 0.3 is 0 Å². The van der Waals surface area contributed by atoms with E-state index in [1.807, 2.05) is 0 Å². The third-order valence-electron chi connectivity index (χ3n) is 8.50. The topological polar surface area (TPSA) is 12.5 Å². The minimum absolute atomic E-state index is 0.0620. The van der Waals surface area contributed by atoms with Crippen molar-refractivity contribution in [1.82, 2.24) is 0 Å². The number of hydrogen-bond donors (Lipinski definition) is 0. The van der Waals surface area contributed by atoms with Gasteiger partial charge in [-0.25, -0.2) is 0 Å². The molecule has 0 aromatic heterocycles. The predicted molar refractivity (Wildman–Crippen MR) is 135 cm³/mol. The lowest BCUT2D eigenvalue weighted by molar-refractivity contribution is 0.215. The third-order valence-corrected chi connectivity index (χ3v) is 8.50. The molecule has 0 N–H and O–H groups in total. The van der Waals surface area contributed by atoms with E-state index in [9.17, 15) is 0 Å². The average Bonchev–Trinajstić information content (AvgIpc) is 3.36. The Morgan fingerprint density at radius 1 is 0.909 bits per heavy atom. The Morgan fingerprint density at radius 3 is 2.64 bits per heavy atom. The van der Waals surface area contributed by atoms with Crippen LogP contribution in [0.1, 0.15) is 25.3 Å². The molecule has 2 heterocycles. The first kappa shape index (κ1) is 19.2. The van der Waals surface area contributed by atoms with Crippen LogP contribution in [0.25, 0.3) is 0 Å². The molecule has 0 spiro atoms. The van der Waals surface area contributed by atoms with Gasteiger partial charge in [0.2, 0.25) is 0 Å². The molecule has 2 aromatic rings. The van der Waals surface area contributed by atoms with E-state index in [-0.39, 0.29) is 11.5 Å². The standard InChI is InChI=1S/C31H29NO/c1-31-19-9-13-23(30(31)33-29-16-8-6-14-26(29)31)21-17-18-28-25(20-21)24-12-5-7-15-27(24)32(28)22-10-3-2-4-11-22/h2-16,19-20,24-25,27-28,30H,17-18H2,1H3. The molecule has 7 rings (SSSR count). The average molecular weight is 432 g/mol. The van der Waals surface area contributed by atoms with Crippen molar-refractivity contribution >= 4 is 5.69 Å².